The maximum absolute atomic E-state index is 12.9. The first kappa shape index (κ1) is 22.2. The number of quaternary nitrogens is 1. The smallest absolute Gasteiger partial charge is 0.282 e. The minimum absolute atomic E-state index is 0.00112. The van der Waals surface area contributed by atoms with Gasteiger partial charge in [0.25, 0.3) is 5.91 Å². The third-order valence-corrected chi connectivity index (χ3v) is 5.08. The van der Waals surface area contributed by atoms with Crippen LogP contribution < -0.4 is 20.9 Å². The molecule has 1 aromatic carbocycles. The van der Waals surface area contributed by atoms with Crippen molar-refractivity contribution in [1.29, 1.82) is 0 Å². The Kier molecular flexibility index (Phi) is 10.4. The van der Waals surface area contributed by atoms with E-state index in [1.165, 1.54) is 19.3 Å². The zero-order valence-electron chi connectivity index (χ0n) is 16.6. The standard InChI is InChI=1S/C21H33N3O4/c25-20(24-27)14-6-4-5-12-18-21(26)23-17-11-7-8-13-19(17)28-16-10-3-1-2-9-15-22-18/h7-8,11,13,18,22,27H,1-6,9-10,12,14-16H2,(H,23,26)(H,24,25)/p+1/t18-/m0/s1. The molecule has 156 valence electrons. The van der Waals surface area contributed by atoms with E-state index in [1.807, 2.05) is 24.3 Å². The monoisotopic (exact) mass is 392 g/mol. The fourth-order valence-corrected chi connectivity index (χ4v) is 3.44. The Hall–Kier alpha value is -2.12. The number of anilines is 1. The fraction of sp³-hybridized carbons (Fsp3) is 0.619. The van der Waals surface area contributed by atoms with Crippen molar-refractivity contribution < 1.29 is 24.8 Å². The van der Waals surface area contributed by atoms with Crippen LogP contribution >= 0.6 is 0 Å². The largest absolute Gasteiger partial charge is 0.491 e. The normalized spacial score (nSPS) is 18.9. The van der Waals surface area contributed by atoms with Crippen molar-refractivity contribution in [3.63, 3.8) is 0 Å². The van der Waals surface area contributed by atoms with E-state index in [1.54, 1.807) is 5.48 Å². The number of nitrogens with two attached hydrogens (primary N) is 1. The number of fused-ring (bicyclic) bond motifs is 1. The van der Waals surface area contributed by atoms with Crippen molar-refractivity contribution in [3.05, 3.63) is 24.3 Å². The molecule has 0 unspecified atom stereocenters. The number of para-hydroxylation sites is 2. The van der Waals surface area contributed by atoms with Crippen LogP contribution in [0.2, 0.25) is 0 Å². The quantitative estimate of drug-likeness (QED) is 0.339. The fourth-order valence-electron chi connectivity index (χ4n) is 3.44. The third-order valence-electron chi connectivity index (χ3n) is 5.08. The molecule has 0 saturated carbocycles. The number of nitrogens with one attached hydrogen (secondary N) is 2. The number of rotatable bonds is 6. The lowest BCUT2D eigenvalue weighted by Crippen LogP contribution is -2.92. The molecule has 0 radical (unpaired) electrons. The number of hydroxylamine groups is 1. The summed E-state index contributed by atoms with van der Waals surface area (Å²) in [7, 11) is 0. The van der Waals surface area contributed by atoms with E-state index in [2.05, 4.69) is 10.6 Å². The predicted molar refractivity (Wildman–Crippen MR) is 107 cm³/mol. The van der Waals surface area contributed by atoms with Gasteiger partial charge in [-0.25, -0.2) is 5.48 Å². The van der Waals surface area contributed by atoms with Crippen LogP contribution in [0.1, 0.15) is 64.2 Å². The molecule has 0 aromatic heterocycles. The lowest BCUT2D eigenvalue weighted by atomic mass is 10.1. The molecule has 0 aliphatic carbocycles. The zero-order valence-corrected chi connectivity index (χ0v) is 16.6. The van der Waals surface area contributed by atoms with Gasteiger partial charge >= 0.3 is 0 Å². The van der Waals surface area contributed by atoms with Crippen LogP contribution in [0.3, 0.4) is 0 Å². The van der Waals surface area contributed by atoms with Crippen LogP contribution in [-0.4, -0.2) is 36.2 Å². The Morgan fingerprint density at radius 3 is 2.79 bits per heavy atom. The molecule has 1 aliphatic rings. The van der Waals surface area contributed by atoms with Gasteiger partial charge in [-0.15, -0.1) is 0 Å². The van der Waals surface area contributed by atoms with Gasteiger partial charge in [-0.3, -0.25) is 14.8 Å². The third kappa shape index (κ3) is 8.27. The van der Waals surface area contributed by atoms with Crippen LogP contribution in [0.15, 0.2) is 24.3 Å². The van der Waals surface area contributed by atoms with Crippen LogP contribution in [0.4, 0.5) is 5.69 Å². The summed E-state index contributed by atoms with van der Waals surface area (Å²) in [6, 6.07) is 7.44. The highest BCUT2D eigenvalue weighted by molar-refractivity contribution is 5.95. The molecule has 28 heavy (non-hydrogen) atoms. The summed E-state index contributed by atoms with van der Waals surface area (Å²) in [5.41, 5.74) is 2.37. The van der Waals surface area contributed by atoms with E-state index in [4.69, 9.17) is 9.94 Å². The van der Waals surface area contributed by atoms with Gasteiger partial charge in [0.05, 0.1) is 18.8 Å². The Bertz CT molecular complexity index is 609. The van der Waals surface area contributed by atoms with Crippen molar-refractivity contribution in [2.24, 2.45) is 0 Å². The number of unbranched alkanes of at least 4 members (excludes halogenated alkanes) is 2. The van der Waals surface area contributed by atoms with Gasteiger partial charge in [0, 0.05) is 12.8 Å². The van der Waals surface area contributed by atoms with Gasteiger partial charge in [-0.1, -0.05) is 31.4 Å². The van der Waals surface area contributed by atoms with E-state index < -0.39 is 0 Å². The molecule has 5 N–H and O–H groups in total. The molecular weight excluding hydrogens is 358 g/mol. The van der Waals surface area contributed by atoms with E-state index >= 15 is 0 Å². The minimum atomic E-state index is -0.362. The zero-order chi connectivity index (χ0) is 20.0. The molecule has 0 spiro atoms. The molecule has 2 amide bonds. The minimum Gasteiger partial charge on any atom is -0.491 e. The van der Waals surface area contributed by atoms with Crippen molar-refractivity contribution in [2.45, 2.75) is 70.3 Å². The van der Waals surface area contributed by atoms with Crippen molar-refractivity contribution in [3.8, 4) is 5.75 Å². The van der Waals surface area contributed by atoms with Crippen molar-refractivity contribution in [2.75, 3.05) is 18.5 Å². The van der Waals surface area contributed by atoms with Crippen LogP contribution in [-0.2, 0) is 9.59 Å². The molecule has 7 nitrogen and oxygen atoms in total. The number of ether oxygens (including phenoxy) is 1. The van der Waals surface area contributed by atoms with Gasteiger partial charge in [0.1, 0.15) is 5.75 Å². The first-order valence-corrected chi connectivity index (χ1v) is 10.5. The van der Waals surface area contributed by atoms with E-state index in [0.717, 1.165) is 50.1 Å². The second-order valence-electron chi connectivity index (χ2n) is 7.37. The van der Waals surface area contributed by atoms with Crippen molar-refractivity contribution in [1.82, 2.24) is 5.48 Å². The van der Waals surface area contributed by atoms with Crippen LogP contribution in [0, 0.1) is 0 Å². The summed E-state index contributed by atoms with van der Waals surface area (Å²) in [6.45, 7) is 1.62. The van der Waals surface area contributed by atoms with Gasteiger partial charge in [0.15, 0.2) is 6.04 Å². The summed E-state index contributed by atoms with van der Waals surface area (Å²) < 4.78 is 5.88. The van der Waals surface area contributed by atoms with Crippen LogP contribution in [0.5, 0.6) is 5.75 Å². The number of benzene rings is 1. The number of hydrogen-bond acceptors (Lipinski definition) is 4. The summed E-state index contributed by atoms with van der Waals surface area (Å²) in [6.07, 6.45) is 9.17. The van der Waals surface area contributed by atoms with E-state index in [9.17, 15) is 9.59 Å². The Morgan fingerprint density at radius 2 is 1.93 bits per heavy atom. The second-order valence-corrected chi connectivity index (χ2v) is 7.37. The maximum atomic E-state index is 12.9. The molecule has 1 aliphatic heterocycles. The number of carbonyl (C=O) groups excluding carboxylic acids is 2. The second kappa shape index (κ2) is 13.1. The lowest BCUT2D eigenvalue weighted by Gasteiger charge is -2.18. The first-order valence-electron chi connectivity index (χ1n) is 10.5. The van der Waals surface area contributed by atoms with Crippen LogP contribution in [0.25, 0.3) is 0 Å². The topological polar surface area (TPSA) is 104 Å². The highest BCUT2D eigenvalue weighted by atomic mass is 16.5. The average molecular weight is 393 g/mol. The summed E-state index contributed by atoms with van der Waals surface area (Å²) in [5.74, 6) is 0.363. The molecule has 0 fully saturated rings. The molecule has 1 atom stereocenters. The maximum Gasteiger partial charge on any atom is 0.282 e. The summed E-state index contributed by atoms with van der Waals surface area (Å²) in [4.78, 5) is 23.9. The number of amides is 2. The molecule has 1 aromatic rings. The number of carbonyl (C=O) groups is 2. The first-order chi connectivity index (χ1) is 13.7. The predicted octanol–water partition coefficient (Wildman–Crippen LogP) is 2.36. The Labute approximate surface area is 167 Å². The van der Waals surface area contributed by atoms with E-state index in [-0.39, 0.29) is 17.9 Å². The van der Waals surface area contributed by atoms with E-state index in [0.29, 0.717) is 19.4 Å². The van der Waals surface area contributed by atoms with Gasteiger partial charge in [0.2, 0.25) is 5.91 Å². The average Bonchev–Trinajstić information content (AvgIpc) is 2.71. The SMILES string of the molecule is O=C(CCCCC[C@@H]1[NH2+]CCCCCCCOc2ccccc2NC1=O)NO. The van der Waals surface area contributed by atoms with Gasteiger partial charge in [-0.05, 0) is 44.2 Å². The molecular formula is C21H34N3O4+. The lowest BCUT2D eigenvalue weighted by molar-refractivity contribution is -0.677. The molecule has 7 heteroatoms. The highest BCUT2D eigenvalue weighted by Crippen LogP contribution is 2.24. The highest BCUT2D eigenvalue weighted by Gasteiger charge is 2.22. The molecule has 0 saturated heterocycles. The summed E-state index contributed by atoms with van der Waals surface area (Å²) >= 11 is 0. The van der Waals surface area contributed by atoms with Gasteiger partial charge in [-0.2, -0.15) is 0 Å². The number of hydrogen-bond donors (Lipinski definition) is 4. The van der Waals surface area contributed by atoms with Crippen molar-refractivity contribution >= 4 is 17.5 Å². The molecule has 2 rings (SSSR count). The summed E-state index contributed by atoms with van der Waals surface area (Å²) in [5, 5.41) is 13.7. The molecule has 0 bridgehead atoms. The van der Waals surface area contributed by atoms with Gasteiger partial charge < -0.3 is 15.4 Å². The Balaban J connectivity index is 1.93. The molecule has 1 heterocycles. The Morgan fingerprint density at radius 1 is 1.14 bits per heavy atom.